The second-order valence-electron chi connectivity index (χ2n) is 3.87. The Morgan fingerprint density at radius 1 is 1.11 bits per heavy atom. The second-order valence-corrected chi connectivity index (χ2v) is 3.87. The van der Waals surface area contributed by atoms with Crippen LogP contribution in [0.15, 0.2) is 36.4 Å². The monoisotopic (exact) mass is 244 g/mol. The van der Waals surface area contributed by atoms with Crippen LogP contribution in [-0.4, -0.2) is 23.9 Å². The molecule has 0 fully saturated rings. The van der Waals surface area contributed by atoms with Gasteiger partial charge in [-0.15, -0.1) is 10.2 Å². The first kappa shape index (κ1) is 12.2. The highest BCUT2D eigenvalue weighted by molar-refractivity contribution is 5.38. The number of benzene rings is 1. The van der Waals surface area contributed by atoms with Crippen molar-refractivity contribution in [1.82, 2.24) is 10.2 Å². The minimum atomic E-state index is 0.427. The van der Waals surface area contributed by atoms with Gasteiger partial charge in [0.2, 0.25) is 0 Å². The zero-order chi connectivity index (χ0) is 12.8. The Kier molecular flexibility index (Phi) is 3.96. The van der Waals surface area contributed by atoms with Crippen molar-refractivity contribution in [1.29, 1.82) is 0 Å². The van der Waals surface area contributed by atoms with E-state index in [0.717, 1.165) is 24.5 Å². The van der Waals surface area contributed by atoms with Crippen molar-refractivity contribution in [2.24, 2.45) is 0 Å². The number of hydrogen-bond donors (Lipinski definition) is 2. The summed E-state index contributed by atoms with van der Waals surface area (Å²) in [6.07, 6.45) is 0.913. The Hall–Kier alpha value is -2.30. The van der Waals surface area contributed by atoms with Gasteiger partial charge in [0, 0.05) is 6.54 Å². The maximum absolute atomic E-state index is 5.46. The number of ether oxygens (including phenoxy) is 1. The minimum Gasteiger partial charge on any atom is -0.497 e. The molecule has 5 nitrogen and oxygen atoms in total. The van der Waals surface area contributed by atoms with Crippen LogP contribution in [-0.2, 0) is 6.42 Å². The van der Waals surface area contributed by atoms with Crippen molar-refractivity contribution < 1.29 is 4.74 Å². The molecule has 0 aliphatic rings. The van der Waals surface area contributed by atoms with Gasteiger partial charge in [-0.2, -0.15) is 0 Å². The van der Waals surface area contributed by atoms with E-state index in [0.29, 0.717) is 5.82 Å². The zero-order valence-corrected chi connectivity index (χ0v) is 10.3. The third kappa shape index (κ3) is 3.35. The van der Waals surface area contributed by atoms with E-state index >= 15 is 0 Å². The molecule has 0 bridgehead atoms. The van der Waals surface area contributed by atoms with E-state index in [9.17, 15) is 0 Å². The van der Waals surface area contributed by atoms with Crippen molar-refractivity contribution in [3.8, 4) is 5.75 Å². The summed E-state index contributed by atoms with van der Waals surface area (Å²) in [7, 11) is 1.66. The number of rotatable bonds is 5. The van der Waals surface area contributed by atoms with Crippen molar-refractivity contribution in [3.63, 3.8) is 0 Å². The van der Waals surface area contributed by atoms with Crippen LogP contribution in [0.1, 0.15) is 5.56 Å². The van der Waals surface area contributed by atoms with Gasteiger partial charge in [0.05, 0.1) is 7.11 Å². The number of nitrogens with zero attached hydrogens (tertiary/aromatic N) is 2. The highest BCUT2D eigenvalue weighted by Crippen LogP contribution is 2.11. The number of hydrogen-bond acceptors (Lipinski definition) is 5. The molecule has 94 valence electrons. The molecule has 0 saturated carbocycles. The summed E-state index contributed by atoms with van der Waals surface area (Å²) in [6.45, 7) is 0.797. The molecule has 0 spiro atoms. The molecule has 0 radical (unpaired) electrons. The molecular formula is C13H16N4O. The predicted octanol–water partition coefficient (Wildman–Crippen LogP) is 1.72. The number of nitrogen functional groups attached to an aromatic ring is 1. The normalized spacial score (nSPS) is 10.1. The molecule has 1 heterocycles. The van der Waals surface area contributed by atoms with E-state index in [1.54, 1.807) is 13.2 Å². The van der Waals surface area contributed by atoms with Crippen molar-refractivity contribution in [2.75, 3.05) is 24.7 Å². The van der Waals surface area contributed by atoms with Gasteiger partial charge in [-0.3, -0.25) is 0 Å². The SMILES string of the molecule is COc1ccc(CCNc2ccc(N)nn2)cc1. The van der Waals surface area contributed by atoms with Crippen molar-refractivity contribution in [2.45, 2.75) is 6.42 Å². The average molecular weight is 244 g/mol. The van der Waals surface area contributed by atoms with Crippen LogP contribution in [0.3, 0.4) is 0 Å². The molecule has 2 rings (SSSR count). The highest BCUT2D eigenvalue weighted by Gasteiger charge is 1.97. The smallest absolute Gasteiger partial charge is 0.148 e. The lowest BCUT2D eigenvalue weighted by molar-refractivity contribution is 0.414. The van der Waals surface area contributed by atoms with Gasteiger partial charge in [-0.25, -0.2) is 0 Å². The maximum Gasteiger partial charge on any atom is 0.148 e. The molecule has 1 aromatic heterocycles. The molecule has 0 aliphatic carbocycles. The molecule has 18 heavy (non-hydrogen) atoms. The third-order valence-electron chi connectivity index (χ3n) is 2.56. The molecule has 0 unspecified atom stereocenters. The van der Waals surface area contributed by atoms with Crippen LogP contribution in [0.25, 0.3) is 0 Å². The van der Waals surface area contributed by atoms with E-state index in [1.807, 2.05) is 18.2 Å². The van der Waals surface area contributed by atoms with E-state index in [-0.39, 0.29) is 0 Å². The van der Waals surface area contributed by atoms with E-state index in [4.69, 9.17) is 10.5 Å². The topological polar surface area (TPSA) is 73.1 Å². The number of anilines is 2. The first-order valence-electron chi connectivity index (χ1n) is 5.74. The molecule has 0 aliphatic heterocycles. The molecule has 3 N–H and O–H groups in total. The lowest BCUT2D eigenvalue weighted by atomic mass is 10.1. The lowest BCUT2D eigenvalue weighted by Gasteiger charge is -2.06. The minimum absolute atomic E-state index is 0.427. The fourth-order valence-corrected chi connectivity index (χ4v) is 1.56. The maximum atomic E-state index is 5.46. The van der Waals surface area contributed by atoms with Crippen LogP contribution in [0.4, 0.5) is 11.6 Å². The van der Waals surface area contributed by atoms with Crippen LogP contribution in [0, 0.1) is 0 Å². The summed E-state index contributed by atoms with van der Waals surface area (Å²) in [5, 5.41) is 10.9. The summed E-state index contributed by atoms with van der Waals surface area (Å²) in [5.41, 5.74) is 6.70. The van der Waals surface area contributed by atoms with E-state index < -0.39 is 0 Å². The summed E-state index contributed by atoms with van der Waals surface area (Å²) in [6, 6.07) is 11.6. The standard InChI is InChI=1S/C13H16N4O/c1-18-11-4-2-10(3-5-11)8-9-15-13-7-6-12(14)16-17-13/h2-7H,8-9H2,1H3,(H2,14,16)(H,15,17). The van der Waals surface area contributed by atoms with Crippen LogP contribution in [0.5, 0.6) is 5.75 Å². The van der Waals surface area contributed by atoms with Crippen LogP contribution >= 0.6 is 0 Å². The summed E-state index contributed by atoms with van der Waals surface area (Å²) in [5.74, 6) is 2.03. The first-order chi connectivity index (χ1) is 8.78. The molecule has 2 aromatic rings. The van der Waals surface area contributed by atoms with Gasteiger partial charge in [0.15, 0.2) is 0 Å². The fraction of sp³-hybridized carbons (Fsp3) is 0.231. The number of aromatic nitrogens is 2. The van der Waals surface area contributed by atoms with Gasteiger partial charge in [-0.05, 0) is 36.2 Å². The molecule has 0 amide bonds. The summed E-state index contributed by atoms with van der Waals surface area (Å²) in [4.78, 5) is 0. The summed E-state index contributed by atoms with van der Waals surface area (Å²) < 4.78 is 5.11. The zero-order valence-electron chi connectivity index (χ0n) is 10.3. The number of methoxy groups -OCH3 is 1. The fourth-order valence-electron chi connectivity index (χ4n) is 1.56. The van der Waals surface area contributed by atoms with Gasteiger partial charge >= 0.3 is 0 Å². The average Bonchev–Trinajstić information content (AvgIpc) is 2.42. The largest absolute Gasteiger partial charge is 0.497 e. The Balaban J connectivity index is 1.82. The van der Waals surface area contributed by atoms with Gasteiger partial charge in [0.25, 0.3) is 0 Å². The Morgan fingerprint density at radius 3 is 2.50 bits per heavy atom. The third-order valence-corrected chi connectivity index (χ3v) is 2.56. The highest BCUT2D eigenvalue weighted by atomic mass is 16.5. The molecule has 0 atom stereocenters. The Bertz CT molecular complexity index is 481. The molecule has 5 heteroatoms. The summed E-state index contributed by atoms with van der Waals surface area (Å²) >= 11 is 0. The predicted molar refractivity (Wildman–Crippen MR) is 71.6 cm³/mol. The van der Waals surface area contributed by atoms with Crippen LogP contribution < -0.4 is 15.8 Å². The van der Waals surface area contributed by atoms with Gasteiger partial charge in [0.1, 0.15) is 17.4 Å². The Morgan fingerprint density at radius 2 is 1.89 bits per heavy atom. The quantitative estimate of drug-likeness (QED) is 0.837. The number of nitrogens with two attached hydrogens (primary N) is 1. The van der Waals surface area contributed by atoms with Crippen molar-refractivity contribution >= 4 is 11.6 Å². The van der Waals surface area contributed by atoms with E-state index in [1.165, 1.54) is 5.56 Å². The molecular weight excluding hydrogens is 228 g/mol. The second kappa shape index (κ2) is 5.86. The lowest BCUT2D eigenvalue weighted by Crippen LogP contribution is -2.07. The van der Waals surface area contributed by atoms with E-state index in [2.05, 4.69) is 27.6 Å². The number of nitrogens with one attached hydrogen (secondary N) is 1. The molecule has 0 saturated heterocycles. The van der Waals surface area contributed by atoms with Gasteiger partial charge < -0.3 is 15.8 Å². The molecule has 1 aromatic carbocycles. The van der Waals surface area contributed by atoms with Crippen LogP contribution in [0.2, 0.25) is 0 Å². The van der Waals surface area contributed by atoms with Gasteiger partial charge in [-0.1, -0.05) is 12.1 Å². The van der Waals surface area contributed by atoms with Crippen molar-refractivity contribution in [3.05, 3.63) is 42.0 Å². The Labute approximate surface area is 106 Å². The first-order valence-corrected chi connectivity index (χ1v) is 5.74.